The van der Waals surface area contributed by atoms with Crippen molar-refractivity contribution >= 4 is 29.5 Å². The highest BCUT2D eigenvalue weighted by Crippen LogP contribution is 2.43. The molecule has 0 atom stereocenters. The summed E-state index contributed by atoms with van der Waals surface area (Å²) in [6.45, 7) is 5.92. The first-order chi connectivity index (χ1) is 14.7. The number of benzene rings is 3. The van der Waals surface area contributed by atoms with Crippen LogP contribution < -0.4 is 10.6 Å². The normalized spacial score (nSPS) is 11.7. The Hall–Kier alpha value is -2.97. The van der Waals surface area contributed by atoms with E-state index in [0.29, 0.717) is 16.2 Å². The van der Waals surface area contributed by atoms with E-state index in [2.05, 4.69) is 20.8 Å². The molecule has 0 unspecified atom stereocenters. The van der Waals surface area contributed by atoms with Crippen molar-refractivity contribution in [2.24, 2.45) is 0 Å². The summed E-state index contributed by atoms with van der Waals surface area (Å²) in [5.74, 6) is -0.946. The fourth-order valence-electron chi connectivity index (χ4n) is 3.28. The number of ketones is 1. The first-order valence-electron chi connectivity index (χ1n) is 10.2. The van der Waals surface area contributed by atoms with Crippen LogP contribution in [0, 0.1) is 0 Å². The van der Waals surface area contributed by atoms with Crippen molar-refractivity contribution in [2.45, 2.75) is 26.2 Å². The molecule has 0 aliphatic carbocycles. The van der Waals surface area contributed by atoms with Crippen molar-refractivity contribution in [1.29, 1.82) is 0 Å². The summed E-state index contributed by atoms with van der Waals surface area (Å²) >= 11 is 0. The van der Waals surface area contributed by atoms with E-state index in [1.165, 1.54) is 0 Å². The predicted octanol–water partition coefficient (Wildman–Crippen LogP) is 4.72. The van der Waals surface area contributed by atoms with E-state index in [0.717, 1.165) is 5.56 Å². The predicted molar refractivity (Wildman–Crippen MR) is 125 cm³/mol. The molecular formula is C26H27O4P. The number of hydrogen-bond donors (Lipinski definition) is 0. The number of rotatable bonds is 7. The van der Waals surface area contributed by atoms with Crippen LogP contribution in [0.4, 0.5) is 0 Å². The molecule has 0 amide bonds. The molecule has 5 heteroatoms. The van der Waals surface area contributed by atoms with Gasteiger partial charge in [0.25, 0.3) is 0 Å². The molecule has 4 nitrogen and oxygen atoms in total. The molecule has 31 heavy (non-hydrogen) atoms. The Balaban J connectivity index is 1.71. The first-order valence-corrected chi connectivity index (χ1v) is 12.1. The molecule has 0 saturated carbocycles. The average molecular weight is 434 g/mol. The van der Waals surface area contributed by atoms with Crippen LogP contribution in [0.3, 0.4) is 0 Å². The highest BCUT2D eigenvalue weighted by atomic mass is 31.2. The number of hydrogen-bond acceptors (Lipinski definition) is 4. The molecule has 0 heterocycles. The number of carbonyl (C=O) groups excluding carboxylic acids is 2. The van der Waals surface area contributed by atoms with Crippen LogP contribution in [0.5, 0.6) is 0 Å². The summed E-state index contributed by atoms with van der Waals surface area (Å²) in [5, 5.41) is 1.17. The summed E-state index contributed by atoms with van der Waals surface area (Å²) in [5.41, 5.74) is 1.59. The van der Waals surface area contributed by atoms with Crippen molar-refractivity contribution in [2.75, 3.05) is 12.8 Å². The second-order valence-electron chi connectivity index (χ2n) is 8.48. The SMILES string of the molecule is CC(C)(C)c1ccc(C(=O)COC(=O)CP(=O)(c2ccccc2)c2ccccc2)cc1. The van der Waals surface area contributed by atoms with Crippen LogP contribution in [0.15, 0.2) is 84.9 Å². The minimum atomic E-state index is -3.22. The zero-order valence-electron chi connectivity index (χ0n) is 18.1. The number of esters is 1. The van der Waals surface area contributed by atoms with Crippen molar-refractivity contribution in [3.8, 4) is 0 Å². The second-order valence-corrected chi connectivity index (χ2v) is 11.3. The summed E-state index contributed by atoms with van der Waals surface area (Å²) in [6, 6.07) is 25.2. The molecule has 0 aliphatic rings. The van der Waals surface area contributed by atoms with Crippen LogP contribution in [-0.2, 0) is 19.5 Å². The molecule has 0 fully saturated rings. The minimum Gasteiger partial charge on any atom is -0.457 e. The standard InChI is InChI=1S/C26H27O4P/c1-26(2,3)21-16-14-20(15-17-21)24(27)18-30-25(28)19-31(29,22-10-6-4-7-11-22)23-12-8-5-9-13-23/h4-17H,18-19H2,1-3H3. The molecule has 0 saturated heterocycles. The topological polar surface area (TPSA) is 60.4 Å². The van der Waals surface area contributed by atoms with E-state index >= 15 is 0 Å². The molecular weight excluding hydrogens is 407 g/mol. The van der Waals surface area contributed by atoms with Gasteiger partial charge in [0.1, 0.15) is 6.16 Å². The van der Waals surface area contributed by atoms with Gasteiger partial charge in [-0.25, -0.2) is 0 Å². The lowest BCUT2D eigenvalue weighted by Gasteiger charge is -2.19. The van der Waals surface area contributed by atoms with Gasteiger partial charge in [-0.3, -0.25) is 9.59 Å². The Morgan fingerprint density at radius 3 is 1.71 bits per heavy atom. The smallest absolute Gasteiger partial charge is 0.314 e. The van der Waals surface area contributed by atoms with Gasteiger partial charge in [-0.2, -0.15) is 0 Å². The van der Waals surface area contributed by atoms with Crippen LogP contribution in [0.25, 0.3) is 0 Å². The van der Waals surface area contributed by atoms with Gasteiger partial charge < -0.3 is 9.30 Å². The van der Waals surface area contributed by atoms with Gasteiger partial charge >= 0.3 is 5.97 Å². The third kappa shape index (κ3) is 5.59. The number of carbonyl (C=O) groups is 2. The molecule has 0 aromatic heterocycles. The van der Waals surface area contributed by atoms with Crippen LogP contribution >= 0.6 is 7.14 Å². The van der Waals surface area contributed by atoms with E-state index in [-0.39, 0.29) is 24.0 Å². The van der Waals surface area contributed by atoms with Gasteiger partial charge in [0.15, 0.2) is 19.5 Å². The van der Waals surface area contributed by atoms with Crippen LogP contribution in [0.1, 0.15) is 36.7 Å². The molecule has 0 bridgehead atoms. The van der Waals surface area contributed by atoms with Gasteiger partial charge in [0, 0.05) is 16.2 Å². The number of ether oxygens (including phenoxy) is 1. The molecule has 0 N–H and O–H groups in total. The highest BCUT2D eigenvalue weighted by Gasteiger charge is 2.31. The molecule has 3 rings (SSSR count). The van der Waals surface area contributed by atoms with Gasteiger partial charge in [0.05, 0.1) is 0 Å². The fourth-order valence-corrected chi connectivity index (χ4v) is 5.71. The van der Waals surface area contributed by atoms with Gasteiger partial charge in [-0.05, 0) is 11.0 Å². The number of Topliss-reactive ketones (excluding diaryl/α,β-unsaturated/α-hetero) is 1. The quantitative estimate of drug-likeness (QED) is 0.307. The largest absolute Gasteiger partial charge is 0.457 e. The second kappa shape index (κ2) is 9.45. The van der Waals surface area contributed by atoms with Crippen molar-refractivity contribution in [3.63, 3.8) is 0 Å². The maximum atomic E-state index is 13.9. The Morgan fingerprint density at radius 1 is 0.774 bits per heavy atom. The lowest BCUT2D eigenvalue weighted by molar-refractivity contribution is -0.139. The molecule has 0 spiro atoms. The Labute approximate surface area is 183 Å². The van der Waals surface area contributed by atoms with Gasteiger partial charge in [-0.1, -0.05) is 106 Å². The Morgan fingerprint density at radius 2 is 1.26 bits per heavy atom. The van der Waals surface area contributed by atoms with Crippen LogP contribution in [0.2, 0.25) is 0 Å². The van der Waals surface area contributed by atoms with E-state index in [9.17, 15) is 14.2 Å². The van der Waals surface area contributed by atoms with Crippen molar-refractivity contribution in [3.05, 3.63) is 96.1 Å². The third-order valence-electron chi connectivity index (χ3n) is 5.14. The van der Waals surface area contributed by atoms with Crippen molar-refractivity contribution < 1.29 is 18.9 Å². The van der Waals surface area contributed by atoms with Gasteiger partial charge in [-0.15, -0.1) is 0 Å². The molecule has 3 aromatic rings. The molecule has 160 valence electrons. The summed E-state index contributed by atoms with van der Waals surface area (Å²) < 4.78 is 19.1. The van der Waals surface area contributed by atoms with E-state index < -0.39 is 13.1 Å². The Bertz CT molecular complexity index is 1040. The third-order valence-corrected chi connectivity index (χ3v) is 8.10. The zero-order chi connectivity index (χ0) is 22.5. The van der Waals surface area contributed by atoms with Crippen molar-refractivity contribution in [1.82, 2.24) is 0 Å². The molecule has 3 aromatic carbocycles. The van der Waals surface area contributed by atoms with E-state index in [1.54, 1.807) is 60.7 Å². The summed E-state index contributed by atoms with van der Waals surface area (Å²) in [4.78, 5) is 25.0. The van der Waals surface area contributed by atoms with E-state index in [1.807, 2.05) is 24.3 Å². The maximum absolute atomic E-state index is 13.9. The maximum Gasteiger partial charge on any atom is 0.314 e. The molecule has 0 aliphatic heterocycles. The van der Waals surface area contributed by atoms with Crippen LogP contribution in [-0.4, -0.2) is 24.5 Å². The van der Waals surface area contributed by atoms with E-state index in [4.69, 9.17) is 4.74 Å². The highest BCUT2D eigenvalue weighted by molar-refractivity contribution is 7.79. The zero-order valence-corrected chi connectivity index (χ0v) is 19.0. The Kier molecular flexibility index (Phi) is 6.92. The lowest BCUT2D eigenvalue weighted by Crippen LogP contribution is -2.25. The summed E-state index contributed by atoms with van der Waals surface area (Å²) in [7, 11) is -3.22. The summed E-state index contributed by atoms with van der Waals surface area (Å²) in [6.07, 6.45) is -0.294. The first kappa shape index (κ1) is 22.7. The monoisotopic (exact) mass is 434 g/mol. The average Bonchev–Trinajstić information content (AvgIpc) is 2.78. The van der Waals surface area contributed by atoms with Gasteiger partial charge in [0.2, 0.25) is 0 Å². The fraction of sp³-hybridized carbons (Fsp3) is 0.231. The minimum absolute atomic E-state index is 0.00984. The molecule has 0 radical (unpaired) electrons. The lowest BCUT2D eigenvalue weighted by atomic mass is 9.86.